The summed E-state index contributed by atoms with van der Waals surface area (Å²) in [5.41, 5.74) is 0. The fraction of sp³-hybridized carbons (Fsp3) is 0.867. The number of hydrogen-bond acceptors (Lipinski definition) is 2. The molecule has 0 bridgehead atoms. The summed E-state index contributed by atoms with van der Waals surface area (Å²) in [5, 5.41) is 11.6. The van der Waals surface area contributed by atoms with Crippen LogP contribution < -0.4 is 5.32 Å². The largest absolute Gasteiger partial charge is 0.481 e. The molecule has 0 spiro atoms. The van der Waals surface area contributed by atoms with Crippen LogP contribution in [0.3, 0.4) is 0 Å². The zero-order chi connectivity index (χ0) is 16.0. The quantitative estimate of drug-likeness (QED) is 0.759. The van der Waals surface area contributed by atoms with Crippen molar-refractivity contribution in [2.24, 2.45) is 11.8 Å². The Morgan fingerprint density at radius 3 is 2.33 bits per heavy atom. The molecule has 1 amide bonds. The summed E-state index contributed by atoms with van der Waals surface area (Å²) in [4.78, 5) is 22.7. The summed E-state index contributed by atoms with van der Waals surface area (Å²) >= 11 is 0. The van der Waals surface area contributed by atoms with Crippen molar-refractivity contribution in [3.63, 3.8) is 0 Å². The second-order valence-corrected chi connectivity index (χ2v) is 6.21. The Labute approximate surface area is 124 Å². The van der Waals surface area contributed by atoms with E-state index in [9.17, 15) is 18.4 Å². The Morgan fingerprint density at radius 2 is 1.81 bits per heavy atom. The second-order valence-electron chi connectivity index (χ2n) is 6.21. The van der Waals surface area contributed by atoms with E-state index in [1.54, 1.807) is 6.92 Å². The highest BCUT2D eigenvalue weighted by atomic mass is 19.3. The topological polar surface area (TPSA) is 66.4 Å². The van der Waals surface area contributed by atoms with E-state index >= 15 is 0 Å². The molecule has 2 N–H and O–H groups in total. The number of alkyl halides is 2. The Balaban J connectivity index is 2.23. The first-order valence-electron chi connectivity index (χ1n) is 7.62. The molecular weight excluding hydrogens is 280 g/mol. The van der Waals surface area contributed by atoms with E-state index in [-0.39, 0.29) is 49.5 Å². The molecule has 1 aliphatic carbocycles. The Bertz CT molecular complexity index is 364. The summed E-state index contributed by atoms with van der Waals surface area (Å²) in [6, 6.07) is -0.0547. The number of hydrogen-bond donors (Lipinski definition) is 2. The Kier molecular flexibility index (Phi) is 6.55. The van der Waals surface area contributed by atoms with Gasteiger partial charge in [-0.3, -0.25) is 9.59 Å². The van der Waals surface area contributed by atoms with Gasteiger partial charge in [0.15, 0.2) is 0 Å². The number of carboxylic acids is 1. The number of rotatable bonds is 7. The van der Waals surface area contributed by atoms with Crippen molar-refractivity contribution in [1.29, 1.82) is 0 Å². The zero-order valence-electron chi connectivity index (χ0n) is 12.7. The van der Waals surface area contributed by atoms with Gasteiger partial charge in [-0.15, -0.1) is 0 Å². The normalized spacial score (nSPS) is 21.5. The molecule has 0 saturated heterocycles. The molecule has 1 aliphatic rings. The molecule has 0 aromatic heterocycles. The zero-order valence-corrected chi connectivity index (χ0v) is 12.7. The average Bonchev–Trinajstić information content (AvgIpc) is 2.38. The average molecular weight is 305 g/mol. The molecule has 0 aromatic rings. The van der Waals surface area contributed by atoms with Gasteiger partial charge in [0, 0.05) is 24.8 Å². The monoisotopic (exact) mass is 305 g/mol. The van der Waals surface area contributed by atoms with Crippen LogP contribution in [0.1, 0.15) is 58.8 Å². The van der Waals surface area contributed by atoms with Crippen molar-refractivity contribution in [2.45, 2.75) is 70.8 Å². The van der Waals surface area contributed by atoms with Crippen molar-refractivity contribution in [2.75, 3.05) is 0 Å². The minimum Gasteiger partial charge on any atom is -0.481 e. The second kappa shape index (κ2) is 7.71. The van der Waals surface area contributed by atoms with Gasteiger partial charge in [-0.05, 0) is 32.6 Å². The first kappa shape index (κ1) is 17.9. The molecule has 4 nitrogen and oxygen atoms in total. The summed E-state index contributed by atoms with van der Waals surface area (Å²) in [6.45, 7) is 3.52. The maximum Gasteiger partial charge on any atom is 0.306 e. The summed E-state index contributed by atoms with van der Waals surface area (Å²) in [6.07, 6.45) is 2.05. The van der Waals surface area contributed by atoms with Crippen LogP contribution in [0.2, 0.25) is 0 Å². The number of halogens is 2. The van der Waals surface area contributed by atoms with Crippen LogP contribution in [0, 0.1) is 11.8 Å². The third-order valence-corrected chi connectivity index (χ3v) is 4.17. The van der Waals surface area contributed by atoms with Crippen LogP contribution in [0.4, 0.5) is 8.78 Å². The molecule has 0 heterocycles. The highest BCUT2D eigenvalue weighted by Gasteiger charge is 2.37. The Morgan fingerprint density at radius 1 is 1.24 bits per heavy atom. The predicted molar refractivity (Wildman–Crippen MR) is 75.2 cm³/mol. The van der Waals surface area contributed by atoms with Crippen LogP contribution in [-0.2, 0) is 9.59 Å². The lowest BCUT2D eigenvalue weighted by Gasteiger charge is -2.28. The van der Waals surface area contributed by atoms with E-state index in [0.29, 0.717) is 12.8 Å². The molecule has 0 aliphatic heterocycles. The smallest absolute Gasteiger partial charge is 0.306 e. The van der Waals surface area contributed by atoms with Crippen LogP contribution in [0.15, 0.2) is 0 Å². The minimum atomic E-state index is -2.62. The molecule has 1 fully saturated rings. The number of amides is 1. The van der Waals surface area contributed by atoms with Gasteiger partial charge in [0.05, 0.1) is 5.92 Å². The van der Waals surface area contributed by atoms with E-state index in [1.807, 2.05) is 6.92 Å². The maximum absolute atomic E-state index is 13.0. The fourth-order valence-corrected chi connectivity index (χ4v) is 2.59. The maximum atomic E-state index is 13.0. The molecule has 6 heteroatoms. The van der Waals surface area contributed by atoms with Crippen molar-refractivity contribution in [1.82, 2.24) is 5.32 Å². The molecule has 1 saturated carbocycles. The highest BCUT2D eigenvalue weighted by molar-refractivity contribution is 5.79. The molecule has 0 radical (unpaired) electrons. The lowest BCUT2D eigenvalue weighted by Crippen LogP contribution is -2.40. The van der Waals surface area contributed by atoms with Gasteiger partial charge in [-0.2, -0.15) is 0 Å². The van der Waals surface area contributed by atoms with Crippen LogP contribution in [0.25, 0.3) is 0 Å². The molecule has 2 unspecified atom stereocenters. The van der Waals surface area contributed by atoms with E-state index in [4.69, 9.17) is 5.11 Å². The van der Waals surface area contributed by atoms with Gasteiger partial charge in [0.25, 0.3) is 0 Å². The van der Waals surface area contributed by atoms with Gasteiger partial charge in [0.1, 0.15) is 0 Å². The summed E-state index contributed by atoms with van der Waals surface area (Å²) < 4.78 is 26.1. The first-order chi connectivity index (χ1) is 9.71. The van der Waals surface area contributed by atoms with Crippen molar-refractivity contribution >= 4 is 11.9 Å². The number of nitrogens with one attached hydrogen (secondary N) is 1. The van der Waals surface area contributed by atoms with Crippen LogP contribution >= 0.6 is 0 Å². The van der Waals surface area contributed by atoms with Crippen LogP contribution in [0.5, 0.6) is 0 Å². The molecule has 2 atom stereocenters. The highest BCUT2D eigenvalue weighted by Crippen LogP contribution is 2.36. The number of carbonyl (C=O) groups is 2. The molecule has 122 valence electrons. The van der Waals surface area contributed by atoms with Crippen LogP contribution in [-0.4, -0.2) is 28.9 Å². The lowest BCUT2D eigenvalue weighted by atomic mass is 9.86. The molecule has 0 aromatic carbocycles. The van der Waals surface area contributed by atoms with E-state index in [2.05, 4.69) is 5.32 Å². The number of carboxylic acid groups (broad SMARTS) is 1. The van der Waals surface area contributed by atoms with Gasteiger partial charge in [0.2, 0.25) is 11.8 Å². The molecular formula is C15H25F2NO3. The first-order valence-corrected chi connectivity index (χ1v) is 7.62. The van der Waals surface area contributed by atoms with Crippen molar-refractivity contribution in [3.8, 4) is 0 Å². The number of aliphatic carboxylic acids is 1. The molecule has 1 rings (SSSR count). The van der Waals surface area contributed by atoms with E-state index in [0.717, 1.165) is 6.42 Å². The third kappa shape index (κ3) is 6.40. The lowest BCUT2D eigenvalue weighted by molar-refractivity contribution is -0.141. The molecule has 21 heavy (non-hydrogen) atoms. The fourth-order valence-electron chi connectivity index (χ4n) is 2.59. The third-order valence-electron chi connectivity index (χ3n) is 4.17. The van der Waals surface area contributed by atoms with Gasteiger partial charge < -0.3 is 10.4 Å². The van der Waals surface area contributed by atoms with Crippen molar-refractivity contribution < 1.29 is 23.5 Å². The van der Waals surface area contributed by atoms with E-state index in [1.165, 1.54) is 0 Å². The van der Waals surface area contributed by atoms with Gasteiger partial charge in [-0.1, -0.05) is 13.3 Å². The van der Waals surface area contributed by atoms with Gasteiger partial charge >= 0.3 is 5.97 Å². The summed E-state index contributed by atoms with van der Waals surface area (Å²) in [7, 11) is 0. The Hall–Kier alpha value is -1.20. The van der Waals surface area contributed by atoms with Gasteiger partial charge in [-0.25, -0.2) is 8.78 Å². The minimum absolute atomic E-state index is 0.0547. The summed E-state index contributed by atoms with van der Waals surface area (Å²) in [5.74, 6) is -4.27. The predicted octanol–water partition coefficient (Wildman–Crippen LogP) is 3.21. The SMILES string of the molecule is CC(CCCC(C)C(=O)O)NC(=O)C1CCC(F)(F)CC1. The van der Waals surface area contributed by atoms with E-state index < -0.39 is 11.9 Å². The number of carbonyl (C=O) groups excluding carboxylic acids is 1. The van der Waals surface area contributed by atoms with Crippen molar-refractivity contribution in [3.05, 3.63) is 0 Å². The standard InChI is InChI=1S/C15H25F2NO3/c1-10(14(20)21)4-3-5-11(2)18-13(19)12-6-8-15(16,17)9-7-12/h10-12H,3-9H2,1-2H3,(H,18,19)(H,20,21).